The number of hydroxylamine groups is 1. The molecule has 0 unspecified atom stereocenters. The molecule has 2 aliphatic heterocycles. The van der Waals surface area contributed by atoms with Crippen molar-refractivity contribution < 1.29 is 24.0 Å². The number of carbonyl (C=O) groups is 3. The number of rotatable bonds is 3. The van der Waals surface area contributed by atoms with Crippen LogP contribution in [-0.2, 0) is 24.0 Å². The fraction of sp³-hybridized carbons (Fsp3) is 0.438. The van der Waals surface area contributed by atoms with Crippen molar-refractivity contribution in [3.8, 4) is 0 Å². The molecule has 3 atom stereocenters. The standard InChI is InChI=1S/C16H18N2O5/c1-9(2)22-16(21)12-11-13(15(20)17(3)14(11)19)23-18(12)10-7-5-4-6-8-10/h4-9,11-13H,1-3H3/t11-,12-,13+/m1/s1. The van der Waals surface area contributed by atoms with E-state index in [0.717, 1.165) is 4.90 Å². The first-order valence-electron chi connectivity index (χ1n) is 7.44. The fourth-order valence-corrected chi connectivity index (χ4v) is 2.89. The van der Waals surface area contributed by atoms with Crippen LogP contribution in [0.25, 0.3) is 0 Å². The van der Waals surface area contributed by atoms with E-state index in [4.69, 9.17) is 9.57 Å². The Morgan fingerprint density at radius 1 is 1.17 bits per heavy atom. The Kier molecular flexibility index (Phi) is 3.81. The van der Waals surface area contributed by atoms with Crippen LogP contribution in [0.2, 0.25) is 0 Å². The highest BCUT2D eigenvalue weighted by atomic mass is 16.7. The number of ether oxygens (including phenoxy) is 1. The summed E-state index contributed by atoms with van der Waals surface area (Å²) in [5.41, 5.74) is 0.593. The highest BCUT2D eigenvalue weighted by Gasteiger charge is 2.61. The van der Waals surface area contributed by atoms with E-state index in [1.165, 1.54) is 12.1 Å². The van der Waals surface area contributed by atoms with E-state index in [1.54, 1.807) is 38.1 Å². The largest absolute Gasteiger partial charge is 0.461 e. The quantitative estimate of drug-likeness (QED) is 0.604. The Morgan fingerprint density at radius 2 is 1.83 bits per heavy atom. The first kappa shape index (κ1) is 15.5. The van der Waals surface area contributed by atoms with Gasteiger partial charge in [-0.25, -0.2) is 9.86 Å². The van der Waals surface area contributed by atoms with Gasteiger partial charge in [-0.3, -0.25) is 19.3 Å². The summed E-state index contributed by atoms with van der Waals surface area (Å²) < 4.78 is 5.27. The number of hydrogen-bond acceptors (Lipinski definition) is 6. The third kappa shape index (κ3) is 2.46. The second-order valence-electron chi connectivity index (χ2n) is 5.88. The van der Waals surface area contributed by atoms with Crippen molar-refractivity contribution in [1.82, 2.24) is 4.90 Å². The highest BCUT2D eigenvalue weighted by Crippen LogP contribution is 2.38. The third-order valence-electron chi connectivity index (χ3n) is 3.94. The zero-order chi connectivity index (χ0) is 16.7. The number of anilines is 1. The molecule has 0 bridgehead atoms. The highest BCUT2D eigenvalue weighted by molar-refractivity contribution is 6.09. The lowest BCUT2D eigenvalue weighted by molar-refractivity contribution is -0.153. The minimum Gasteiger partial charge on any atom is -0.461 e. The number of likely N-dealkylation sites (tertiary alicyclic amines) is 1. The summed E-state index contributed by atoms with van der Waals surface area (Å²) in [6.45, 7) is 3.46. The molecular formula is C16H18N2O5. The predicted octanol–water partition coefficient (Wildman–Crippen LogP) is 0.742. The molecule has 2 fully saturated rings. The van der Waals surface area contributed by atoms with Crippen molar-refractivity contribution in [2.24, 2.45) is 5.92 Å². The lowest BCUT2D eigenvalue weighted by atomic mass is 9.96. The fourth-order valence-electron chi connectivity index (χ4n) is 2.89. The average Bonchev–Trinajstić information content (AvgIpc) is 3.01. The van der Waals surface area contributed by atoms with Gasteiger partial charge in [0, 0.05) is 7.05 Å². The number of amides is 2. The second kappa shape index (κ2) is 5.66. The molecule has 7 heteroatoms. The van der Waals surface area contributed by atoms with Crippen LogP contribution >= 0.6 is 0 Å². The predicted molar refractivity (Wildman–Crippen MR) is 80.1 cm³/mol. The number of likely N-dealkylation sites (N-methyl/N-ethyl adjacent to an activating group) is 1. The SMILES string of the molecule is CC(C)OC(=O)[C@H]1[C@H]2C(=O)N(C)C(=O)[C@H]2ON1c1ccccc1. The van der Waals surface area contributed by atoms with Gasteiger partial charge in [0.2, 0.25) is 5.91 Å². The van der Waals surface area contributed by atoms with Crippen LogP contribution in [0.4, 0.5) is 5.69 Å². The maximum Gasteiger partial charge on any atom is 0.332 e. The number of hydrogen-bond donors (Lipinski definition) is 0. The van der Waals surface area contributed by atoms with E-state index in [2.05, 4.69) is 0 Å². The zero-order valence-corrected chi connectivity index (χ0v) is 13.1. The van der Waals surface area contributed by atoms with E-state index in [-0.39, 0.29) is 6.10 Å². The summed E-state index contributed by atoms with van der Waals surface area (Å²) in [6.07, 6.45) is -1.32. The molecule has 7 nitrogen and oxygen atoms in total. The number of fused-ring (bicyclic) bond motifs is 1. The summed E-state index contributed by atoms with van der Waals surface area (Å²) in [5.74, 6) is -2.34. The first-order chi connectivity index (χ1) is 10.9. The van der Waals surface area contributed by atoms with Crippen molar-refractivity contribution in [2.75, 3.05) is 12.1 Å². The summed E-state index contributed by atoms with van der Waals surface area (Å²) in [6, 6.07) is 7.91. The van der Waals surface area contributed by atoms with Crippen LogP contribution < -0.4 is 5.06 Å². The van der Waals surface area contributed by atoms with Crippen LogP contribution in [0.15, 0.2) is 30.3 Å². The van der Waals surface area contributed by atoms with Gasteiger partial charge in [-0.2, -0.15) is 0 Å². The van der Waals surface area contributed by atoms with Crippen LogP contribution in [0.5, 0.6) is 0 Å². The number of para-hydroxylation sites is 1. The molecule has 2 saturated heterocycles. The first-order valence-corrected chi connectivity index (χ1v) is 7.44. The van der Waals surface area contributed by atoms with Gasteiger partial charge in [-0.1, -0.05) is 18.2 Å². The second-order valence-corrected chi connectivity index (χ2v) is 5.88. The topological polar surface area (TPSA) is 76.2 Å². The molecule has 23 heavy (non-hydrogen) atoms. The van der Waals surface area contributed by atoms with Crippen LogP contribution in [0, 0.1) is 5.92 Å². The molecule has 0 aromatic heterocycles. The number of benzene rings is 1. The summed E-state index contributed by atoms with van der Waals surface area (Å²) in [4.78, 5) is 43.7. The van der Waals surface area contributed by atoms with Gasteiger partial charge in [0.25, 0.3) is 5.91 Å². The molecule has 122 valence electrons. The molecule has 2 aliphatic rings. The van der Waals surface area contributed by atoms with E-state index in [9.17, 15) is 14.4 Å². The maximum absolute atomic E-state index is 12.5. The van der Waals surface area contributed by atoms with Gasteiger partial charge >= 0.3 is 5.97 Å². The molecule has 2 heterocycles. The molecule has 0 N–H and O–H groups in total. The Hall–Kier alpha value is -2.41. The van der Waals surface area contributed by atoms with Crippen molar-refractivity contribution in [3.63, 3.8) is 0 Å². The van der Waals surface area contributed by atoms with Crippen molar-refractivity contribution >= 4 is 23.5 Å². The lowest BCUT2D eigenvalue weighted by Crippen LogP contribution is -2.45. The molecule has 0 saturated carbocycles. The number of esters is 1. The summed E-state index contributed by atoms with van der Waals surface area (Å²) in [7, 11) is 1.39. The van der Waals surface area contributed by atoms with Crippen LogP contribution in [-0.4, -0.2) is 48.0 Å². The van der Waals surface area contributed by atoms with Gasteiger partial charge < -0.3 is 4.74 Å². The van der Waals surface area contributed by atoms with Crippen LogP contribution in [0.3, 0.4) is 0 Å². The normalized spacial score (nSPS) is 26.9. The molecular weight excluding hydrogens is 300 g/mol. The van der Waals surface area contributed by atoms with E-state index in [0.29, 0.717) is 5.69 Å². The smallest absolute Gasteiger partial charge is 0.332 e. The van der Waals surface area contributed by atoms with Gasteiger partial charge in [0.1, 0.15) is 5.92 Å². The summed E-state index contributed by atoms with van der Waals surface area (Å²) in [5, 5.41) is 1.32. The lowest BCUT2D eigenvalue weighted by Gasteiger charge is -2.26. The molecule has 0 aliphatic carbocycles. The number of imide groups is 1. The monoisotopic (exact) mass is 318 g/mol. The average molecular weight is 318 g/mol. The Balaban J connectivity index is 1.99. The van der Waals surface area contributed by atoms with Crippen LogP contribution in [0.1, 0.15) is 13.8 Å². The Bertz CT molecular complexity index is 645. The number of nitrogens with zero attached hydrogens (tertiary/aromatic N) is 2. The van der Waals surface area contributed by atoms with Crippen molar-refractivity contribution in [3.05, 3.63) is 30.3 Å². The molecule has 1 aromatic rings. The van der Waals surface area contributed by atoms with Gasteiger partial charge in [-0.05, 0) is 26.0 Å². The molecule has 3 rings (SSSR count). The Morgan fingerprint density at radius 3 is 2.43 bits per heavy atom. The molecule has 0 spiro atoms. The van der Waals surface area contributed by atoms with Gasteiger partial charge in [0.15, 0.2) is 12.1 Å². The van der Waals surface area contributed by atoms with Crippen molar-refractivity contribution in [2.45, 2.75) is 32.1 Å². The van der Waals surface area contributed by atoms with Crippen molar-refractivity contribution in [1.29, 1.82) is 0 Å². The van der Waals surface area contributed by atoms with Gasteiger partial charge in [0.05, 0.1) is 11.8 Å². The molecule has 2 amide bonds. The van der Waals surface area contributed by atoms with E-state index >= 15 is 0 Å². The molecule has 1 aromatic carbocycles. The minimum absolute atomic E-state index is 0.330. The third-order valence-corrected chi connectivity index (χ3v) is 3.94. The minimum atomic E-state index is -0.989. The van der Waals surface area contributed by atoms with E-state index < -0.39 is 35.8 Å². The molecule has 0 radical (unpaired) electrons. The number of carbonyl (C=O) groups excluding carboxylic acids is 3. The maximum atomic E-state index is 12.5. The van der Waals surface area contributed by atoms with E-state index in [1.807, 2.05) is 6.07 Å². The Labute approximate surface area is 133 Å². The zero-order valence-electron chi connectivity index (χ0n) is 13.1. The van der Waals surface area contributed by atoms with Gasteiger partial charge in [-0.15, -0.1) is 0 Å². The summed E-state index contributed by atoms with van der Waals surface area (Å²) >= 11 is 0.